The Morgan fingerprint density at radius 2 is 1.38 bits per heavy atom. The van der Waals surface area contributed by atoms with Gasteiger partial charge in [-0.15, -0.1) is 0 Å². The lowest BCUT2D eigenvalue weighted by Crippen LogP contribution is -2.57. The number of aromatic hydroxyl groups is 1. The van der Waals surface area contributed by atoms with Gasteiger partial charge in [-0.2, -0.15) is 23.5 Å². The van der Waals surface area contributed by atoms with Gasteiger partial charge in [-0.05, 0) is 67.4 Å². The van der Waals surface area contributed by atoms with E-state index in [1.807, 2.05) is 12.5 Å². The first-order chi connectivity index (χ1) is 19.0. The lowest BCUT2D eigenvalue weighted by Gasteiger charge is -2.25. The van der Waals surface area contributed by atoms with Gasteiger partial charge in [0.25, 0.3) is 0 Å². The summed E-state index contributed by atoms with van der Waals surface area (Å²) in [6.07, 6.45) is 4.94. The number of hydrogen-bond donors (Lipinski definition) is 8. The van der Waals surface area contributed by atoms with Crippen molar-refractivity contribution >= 4 is 53.2 Å². The number of carboxylic acids is 1. The van der Waals surface area contributed by atoms with Crippen LogP contribution in [0, 0.1) is 0 Å². The van der Waals surface area contributed by atoms with Crippen molar-refractivity contribution in [2.45, 2.75) is 56.3 Å². The van der Waals surface area contributed by atoms with Gasteiger partial charge in [-0.25, -0.2) is 4.79 Å². The molecular formula is C25H41N7O6S2. The molecule has 0 fully saturated rings. The number of carbonyl (C=O) groups excluding carboxylic acids is 3. The first kappa shape index (κ1) is 34.9. The third kappa shape index (κ3) is 13.8. The van der Waals surface area contributed by atoms with Crippen LogP contribution in [0.1, 0.15) is 31.2 Å². The van der Waals surface area contributed by atoms with Crippen LogP contribution in [0.15, 0.2) is 29.3 Å². The molecule has 224 valence electrons. The molecule has 0 aromatic heterocycles. The number of guanidine groups is 1. The number of nitrogens with two attached hydrogens (primary N) is 3. The third-order valence-corrected chi connectivity index (χ3v) is 7.07. The quantitative estimate of drug-likeness (QED) is 0.0565. The molecule has 11 N–H and O–H groups in total. The number of thioether (sulfide) groups is 2. The molecule has 1 rings (SSSR count). The topological polar surface area (TPSA) is 235 Å². The monoisotopic (exact) mass is 599 g/mol. The third-order valence-electron chi connectivity index (χ3n) is 5.78. The zero-order chi connectivity index (χ0) is 30.1. The fraction of sp³-hybridized carbons (Fsp3) is 0.560. The van der Waals surface area contributed by atoms with E-state index in [0.29, 0.717) is 30.0 Å². The number of phenolic OH excluding ortho intramolecular Hbond substituents is 1. The predicted molar refractivity (Wildman–Crippen MR) is 159 cm³/mol. The number of aliphatic carboxylic acids is 1. The number of nitrogens with one attached hydrogen (secondary N) is 3. The minimum Gasteiger partial charge on any atom is -0.508 e. The Morgan fingerprint density at radius 3 is 1.93 bits per heavy atom. The number of amides is 3. The average molecular weight is 600 g/mol. The summed E-state index contributed by atoms with van der Waals surface area (Å²) >= 11 is 2.93. The second-order valence-electron chi connectivity index (χ2n) is 9.01. The molecule has 0 aliphatic carbocycles. The zero-order valence-corrected chi connectivity index (χ0v) is 24.4. The molecule has 1 aromatic rings. The number of phenols is 1. The molecule has 0 radical (unpaired) electrons. The second kappa shape index (κ2) is 19.0. The fourth-order valence-electron chi connectivity index (χ4n) is 3.55. The maximum Gasteiger partial charge on any atom is 0.326 e. The van der Waals surface area contributed by atoms with E-state index in [4.69, 9.17) is 17.2 Å². The molecule has 0 aliphatic rings. The van der Waals surface area contributed by atoms with Crippen molar-refractivity contribution in [3.63, 3.8) is 0 Å². The second-order valence-corrected chi connectivity index (χ2v) is 11.0. The maximum atomic E-state index is 13.3. The van der Waals surface area contributed by atoms with Crippen LogP contribution in [0.5, 0.6) is 5.75 Å². The van der Waals surface area contributed by atoms with Crippen molar-refractivity contribution in [2.24, 2.45) is 22.2 Å². The van der Waals surface area contributed by atoms with Gasteiger partial charge in [-0.3, -0.25) is 19.4 Å². The smallest absolute Gasteiger partial charge is 0.326 e. The molecule has 0 heterocycles. The van der Waals surface area contributed by atoms with Crippen LogP contribution in [0.25, 0.3) is 0 Å². The van der Waals surface area contributed by atoms with Crippen LogP contribution in [0.3, 0.4) is 0 Å². The molecule has 0 aliphatic heterocycles. The standard InChI is InChI=1S/C25H41N7O6S2/c1-39-12-9-18(30-21(34)17(26)4-3-11-29-25(27)28)22(35)32-20(14-15-5-7-16(33)8-6-15)23(36)31-19(24(37)38)10-13-40-2/h5-8,17-20,33H,3-4,9-14,26H2,1-2H3,(H,30,34)(H,31,36)(H,32,35)(H,37,38)(H4,27,28,29). The highest BCUT2D eigenvalue weighted by Gasteiger charge is 2.30. The highest BCUT2D eigenvalue weighted by atomic mass is 32.2. The van der Waals surface area contributed by atoms with Crippen molar-refractivity contribution in [3.8, 4) is 5.75 Å². The molecule has 4 unspecified atom stereocenters. The van der Waals surface area contributed by atoms with E-state index in [-0.39, 0.29) is 37.4 Å². The van der Waals surface area contributed by atoms with E-state index in [9.17, 15) is 29.4 Å². The van der Waals surface area contributed by atoms with Crippen molar-refractivity contribution in [3.05, 3.63) is 29.8 Å². The lowest BCUT2D eigenvalue weighted by molar-refractivity contribution is -0.142. The molecule has 0 spiro atoms. The lowest BCUT2D eigenvalue weighted by atomic mass is 10.0. The molecule has 13 nitrogen and oxygen atoms in total. The normalized spacial score (nSPS) is 13.8. The first-order valence-electron chi connectivity index (χ1n) is 12.7. The molecule has 1 aromatic carbocycles. The molecule has 3 amide bonds. The van der Waals surface area contributed by atoms with Crippen molar-refractivity contribution in [1.29, 1.82) is 0 Å². The number of rotatable bonds is 19. The van der Waals surface area contributed by atoms with Gasteiger partial charge < -0.3 is 43.4 Å². The molecule has 0 saturated heterocycles. The zero-order valence-electron chi connectivity index (χ0n) is 22.8. The Hall–Kier alpha value is -3.17. The Balaban J connectivity index is 3.05. The first-order valence-corrected chi connectivity index (χ1v) is 15.5. The van der Waals surface area contributed by atoms with Crippen molar-refractivity contribution in [2.75, 3.05) is 30.6 Å². The predicted octanol–water partition coefficient (Wildman–Crippen LogP) is -0.639. The highest BCUT2D eigenvalue weighted by Crippen LogP contribution is 2.13. The van der Waals surface area contributed by atoms with Crippen LogP contribution >= 0.6 is 23.5 Å². The number of hydrogen-bond acceptors (Lipinski definition) is 9. The summed E-state index contributed by atoms with van der Waals surface area (Å²) in [6.45, 7) is 0.308. The highest BCUT2D eigenvalue weighted by molar-refractivity contribution is 7.98. The van der Waals surface area contributed by atoms with E-state index in [1.165, 1.54) is 35.7 Å². The minimum atomic E-state index is -1.18. The SMILES string of the molecule is CSCCC(NC(=O)C(Cc1ccc(O)cc1)NC(=O)C(CCSC)NC(=O)C(N)CCCN=C(N)N)C(=O)O. The van der Waals surface area contributed by atoms with Gasteiger partial charge in [0.1, 0.15) is 23.9 Å². The summed E-state index contributed by atoms with van der Waals surface area (Å²) in [5, 5.41) is 27.0. The number of carbonyl (C=O) groups is 4. The number of benzene rings is 1. The van der Waals surface area contributed by atoms with Crippen LogP contribution in [-0.4, -0.2) is 94.6 Å². The molecular weight excluding hydrogens is 558 g/mol. The summed E-state index contributed by atoms with van der Waals surface area (Å²) < 4.78 is 0. The van der Waals surface area contributed by atoms with E-state index >= 15 is 0 Å². The molecule has 15 heteroatoms. The Bertz CT molecular complexity index is 992. The van der Waals surface area contributed by atoms with E-state index in [2.05, 4.69) is 20.9 Å². The van der Waals surface area contributed by atoms with Crippen LogP contribution in [0.2, 0.25) is 0 Å². The number of aliphatic imine (C=N–C) groups is 1. The number of carboxylic acid groups (broad SMARTS) is 1. The van der Waals surface area contributed by atoms with E-state index in [0.717, 1.165) is 0 Å². The Labute approximate surface area is 242 Å². The van der Waals surface area contributed by atoms with E-state index < -0.39 is 47.9 Å². The van der Waals surface area contributed by atoms with Crippen molar-refractivity contribution in [1.82, 2.24) is 16.0 Å². The summed E-state index contributed by atoms with van der Waals surface area (Å²) in [4.78, 5) is 54.8. The summed E-state index contributed by atoms with van der Waals surface area (Å²) in [5.74, 6) is -1.97. The summed E-state index contributed by atoms with van der Waals surface area (Å²) in [7, 11) is 0. The summed E-state index contributed by atoms with van der Waals surface area (Å²) in [6, 6.07) is 1.92. The van der Waals surface area contributed by atoms with E-state index in [1.54, 1.807) is 12.1 Å². The van der Waals surface area contributed by atoms with Crippen LogP contribution < -0.4 is 33.2 Å². The van der Waals surface area contributed by atoms with Gasteiger partial charge >= 0.3 is 5.97 Å². The number of nitrogens with zero attached hydrogens (tertiary/aromatic N) is 1. The van der Waals surface area contributed by atoms with Crippen LogP contribution in [0.4, 0.5) is 0 Å². The average Bonchev–Trinajstić information content (AvgIpc) is 2.91. The fourth-order valence-corrected chi connectivity index (χ4v) is 4.49. The molecule has 0 bridgehead atoms. The molecule has 0 saturated carbocycles. The minimum absolute atomic E-state index is 0.0280. The molecule has 4 atom stereocenters. The van der Waals surface area contributed by atoms with Gasteiger partial charge in [-0.1, -0.05) is 12.1 Å². The van der Waals surface area contributed by atoms with Crippen molar-refractivity contribution < 1.29 is 29.4 Å². The van der Waals surface area contributed by atoms with Gasteiger partial charge in [0.05, 0.1) is 6.04 Å². The molecule has 40 heavy (non-hydrogen) atoms. The van der Waals surface area contributed by atoms with Crippen LogP contribution in [-0.2, 0) is 25.6 Å². The summed E-state index contributed by atoms with van der Waals surface area (Å²) in [5.41, 5.74) is 17.2. The van der Waals surface area contributed by atoms with Gasteiger partial charge in [0.15, 0.2) is 5.96 Å². The largest absolute Gasteiger partial charge is 0.508 e. The van der Waals surface area contributed by atoms with Gasteiger partial charge in [0.2, 0.25) is 17.7 Å². The van der Waals surface area contributed by atoms with Gasteiger partial charge in [0, 0.05) is 13.0 Å². The Morgan fingerprint density at radius 1 is 0.850 bits per heavy atom. The Kier molecular flexibility index (Phi) is 16.6. The maximum absolute atomic E-state index is 13.3.